The Morgan fingerprint density at radius 2 is 2.12 bits per heavy atom. The molecule has 2 aliphatic carbocycles. The zero-order valence-electron chi connectivity index (χ0n) is 15.7. The highest BCUT2D eigenvalue weighted by atomic mass is 16.3. The number of carbonyl (C=O) groups excluding carboxylic acids is 1. The summed E-state index contributed by atoms with van der Waals surface area (Å²) in [6.45, 7) is 9.34. The largest absolute Gasteiger partial charge is 0.464 e. The summed E-state index contributed by atoms with van der Waals surface area (Å²) in [6, 6.07) is 5.44. The minimum Gasteiger partial charge on any atom is -0.464 e. The molecule has 3 unspecified atom stereocenters. The first-order chi connectivity index (χ1) is 12.0. The van der Waals surface area contributed by atoms with Gasteiger partial charge in [0.25, 0.3) is 0 Å². The van der Waals surface area contributed by atoms with Crippen LogP contribution in [0.15, 0.2) is 16.5 Å². The van der Waals surface area contributed by atoms with E-state index in [1.54, 1.807) is 0 Å². The number of hydrogen-bond donors (Lipinski definition) is 1. The number of likely N-dealkylation sites (tertiary alicyclic amines) is 1. The van der Waals surface area contributed by atoms with Gasteiger partial charge in [0.15, 0.2) is 0 Å². The highest BCUT2D eigenvalue weighted by Crippen LogP contribution is 2.47. The second-order valence-corrected chi connectivity index (χ2v) is 8.51. The summed E-state index contributed by atoms with van der Waals surface area (Å²) in [7, 11) is 0. The average Bonchev–Trinajstić information content (AvgIpc) is 3.43. The van der Waals surface area contributed by atoms with Crippen molar-refractivity contribution in [1.29, 1.82) is 0 Å². The van der Waals surface area contributed by atoms with E-state index >= 15 is 0 Å². The molecular weight excluding hydrogens is 314 g/mol. The fourth-order valence-electron chi connectivity index (χ4n) is 3.95. The van der Waals surface area contributed by atoms with Crippen molar-refractivity contribution in [3.05, 3.63) is 23.7 Å². The lowest BCUT2D eigenvalue weighted by Crippen LogP contribution is -2.46. The Hall–Kier alpha value is -1.49. The third-order valence-corrected chi connectivity index (χ3v) is 6.01. The predicted molar refractivity (Wildman–Crippen MR) is 97.4 cm³/mol. The van der Waals surface area contributed by atoms with Gasteiger partial charge in [0.05, 0.1) is 6.54 Å². The van der Waals surface area contributed by atoms with Gasteiger partial charge >= 0.3 is 6.03 Å². The minimum absolute atomic E-state index is 0.0795. The number of nitrogens with one attached hydrogen (secondary N) is 1. The minimum atomic E-state index is 0.0795. The summed E-state index contributed by atoms with van der Waals surface area (Å²) in [5, 5.41) is 3.26. The van der Waals surface area contributed by atoms with Crippen LogP contribution in [0.2, 0.25) is 0 Å². The van der Waals surface area contributed by atoms with Crippen LogP contribution in [0.25, 0.3) is 0 Å². The molecule has 0 spiro atoms. The van der Waals surface area contributed by atoms with Gasteiger partial charge in [-0.05, 0) is 57.6 Å². The molecular formula is C20H31N3O2. The van der Waals surface area contributed by atoms with Crippen molar-refractivity contribution < 1.29 is 9.21 Å². The van der Waals surface area contributed by atoms with Crippen LogP contribution in [0.5, 0.6) is 0 Å². The van der Waals surface area contributed by atoms with Gasteiger partial charge in [-0.3, -0.25) is 4.90 Å². The van der Waals surface area contributed by atoms with Crippen molar-refractivity contribution in [3.8, 4) is 0 Å². The van der Waals surface area contributed by atoms with E-state index in [4.69, 9.17) is 4.42 Å². The van der Waals surface area contributed by atoms with Gasteiger partial charge in [0.1, 0.15) is 11.5 Å². The summed E-state index contributed by atoms with van der Waals surface area (Å²) in [5.41, 5.74) is 0. The second-order valence-electron chi connectivity index (χ2n) is 8.51. The third kappa shape index (κ3) is 3.86. The molecule has 3 atom stereocenters. The number of hydrogen-bond acceptors (Lipinski definition) is 3. The van der Waals surface area contributed by atoms with Gasteiger partial charge < -0.3 is 14.6 Å². The zero-order chi connectivity index (χ0) is 17.6. The van der Waals surface area contributed by atoms with Crippen molar-refractivity contribution in [2.24, 2.45) is 5.92 Å². The third-order valence-electron chi connectivity index (χ3n) is 6.01. The lowest BCUT2D eigenvalue weighted by atomic mass is 10.2. The van der Waals surface area contributed by atoms with Crippen molar-refractivity contribution in [1.82, 2.24) is 15.1 Å². The molecule has 2 heterocycles. The van der Waals surface area contributed by atoms with E-state index in [0.29, 0.717) is 24.5 Å². The van der Waals surface area contributed by atoms with Gasteiger partial charge in [-0.25, -0.2) is 4.79 Å². The first kappa shape index (κ1) is 17.0. The molecule has 5 nitrogen and oxygen atoms in total. The van der Waals surface area contributed by atoms with Crippen molar-refractivity contribution in [3.63, 3.8) is 0 Å². The molecule has 1 N–H and O–H groups in total. The van der Waals surface area contributed by atoms with E-state index in [9.17, 15) is 4.79 Å². The fourth-order valence-corrected chi connectivity index (χ4v) is 3.95. The van der Waals surface area contributed by atoms with Gasteiger partial charge in [-0.15, -0.1) is 0 Å². The molecule has 0 aromatic carbocycles. The smallest absolute Gasteiger partial charge is 0.318 e. The lowest BCUT2D eigenvalue weighted by molar-refractivity contribution is 0.181. The second kappa shape index (κ2) is 6.67. The van der Waals surface area contributed by atoms with Crippen LogP contribution < -0.4 is 5.32 Å². The number of urea groups is 1. The molecule has 5 heteroatoms. The van der Waals surface area contributed by atoms with Crippen LogP contribution >= 0.6 is 0 Å². The van der Waals surface area contributed by atoms with Crippen LogP contribution in [0.1, 0.15) is 63.9 Å². The topological polar surface area (TPSA) is 48.7 Å². The molecule has 138 valence electrons. The summed E-state index contributed by atoms with van der Waals surface area (Å²) in [4.78, 5) is 17.2. The molecule has 0 radical (unpaired) electrons. The van der Waals surface area contributed by atoms with E-state index in [1.165, 1.54) is 6.42 Å². The average molecular weight is 345 g/mol. The Labute approximate surface area is 150 Å². The Morgan fingerprint density at radius 3 is 2.72 bits per heavy atom. The van der Waals surface area contributed by atoms with E-state index in [-0.39, 0.29) is 12.1 Å². The molecule has 1 saturated heterocycles. The predicted octanol–water partition coefficient (Wildman–Crippen LogP) is 3.56. The maximum absolute atomic E-state index is 12.8. The quantitative estimate of drug-likeness (QED) is 0.857. The van der Waals surface area contributed by atoms with Gasteiger partial charge in [-0.2, -0.15) is 0 Å². The standard InChI is InChI=1S/C20H31N3O2/c1-13(2)22-9-8-15(11-22)21-20(24)23(16-4-5-16)12-17-6-7-19(25-17)18-10-14(18)3/h6-7,13-16,18H,4-5,8-12H2,1-3H3,(H,21,24). The van der Waals surface area contributed by atoms with Crippen LogP contribution in [0.4, 0.5) is 4.79 Å². The van der Waals surface area contributed by atoms with E-state index < -0.39 is 0 Å². The Balaban J connectivity index is 1.34. The first-order valence-electron chi connectivity index (χ1n) is 9.91. The monoisotopic (exact) mass is 345 g/mol. The fraction of sp³-hybridized carbons (Fsp3) is 0.750. The van der Waals surface area contributed by atoms with Crippen LogP contribution in [0.3, 0.4) is 0 Å². The summed E-state index contributed by atoms with van der Waals surface area (Å²) in [5.74, 6) is 3.36. The van der Waals surface area contributed by atoms with E-state index in [1.807, 2.05) is 4.90 Å². The number of furan rings is 1. The number of rotatable bonds is 6. The molecule has 1 aromatic heterocycles. The van der Waals surface area contributed by atoms with Crippen molar-refractivity contribution in [2.75, 3.05) is 13.1 Å². The highest BCUT2D eigenvalue weighted by molar-refractivity contribution is 5.75. The normalized spacial score (nSPS) is 29.2. The highest BCUT2D eigenvalue weighted by Gasteiger charge is 2.38. The van der Waals surface area contributed by atoms with Gasteiger partial charge in [0.2, 0.25) is 0 Å². The van der Waals surface area contributed by atoms with Crippen LogP contribution in [0, 0.1) is 5.92 Å². The summed E-state index contributed by atoms with van der Waals surface area (Å²) < 4.78 is 6.03. The molecule has 1 aliphatic heterocycles. The maximum atomic E-state index is 12.8. The number of carbonyl (C=O) groups is 1. The van der Waals surface area contributed by atoms with Crippen molar-refractivity contribution >= 4 is 6.03 Å². The lowest BCUT2D eigenvalue weighted by Gasteiger charge is -2.25. The summed E-state index contributed by atoms with van der Waals surface area (Å²) >= 11 is 0. The molecule has 4 rings (SSSR count). The van der Waals surface area contributed by atoms with Crippen LogP contribution in [-0.4, -0.2) is 47.0 Å². The van der Waals surface area contributed by atoms with Crippen LogP contribution in [-0.2, 0) is 6.54 Å². The molecule has 0 bridgehead atoms. The van der Waals surface area contributed by atoms with E-state index in [0.717, 1.165) is 49.8 Å². The van der Waals surface area contributed by atoms with Gasteiger partial charge in [0, 0.05) is 37.1 Å². The summed E-state index contributed by atoms with van der Waals surface area (Å²) in [6.07, 6.45) is 4.51. The SMILES string of the molecule is CC1CC1c1ccc(CN(C(=O)NC2CCN(C(C)C)C2)C2CC2)o1. The molecule has 2 amide bonds. The molecule has 1 aromatic rings. The zero-order valence-corrected chi connectivity index (χ0v) is 15.7. The molecule has 3 fully saturated rings. The molecule has 2 saturated carbocycles. The number of amides is 2. The Bertz CT molecular complexity index is 622. The maximum Gasteiger partial charge on any atom is 0.318 e. The first-order valence-corrected chi connectivity index (χ1v) is 9.91. The number of nitrogens with zero attached hydrogens (tertiary/aromatic N) is 2. The Morgan fingerprint density at radius 1 is 1.36 bits per heavy atom. The Kier molecular flexibility index (Phi) is 4.52. The molecule has 3 aliphatic rings. The van der Waals surface area contributed by atoms with Crippen molar-refractivity contribution in [2.45, 2.75) is 77.0 Å². The molecule has 25 heavy (non-hydrogen) atoms. The van der Waals surface area contributed by atoms with Gasteiger partial charge in [-0.1, -0.05) is 6.92 Å². The van der Waals surface area contributed by atoms with E-state index in [2.05, 4.69) is 43.1 Å².